The Morgan fingerprint density at radius 2 is 1.92 bits per heavy atom. The van der Waals surface area contributed by atoms with E-state index in [1.807, 2.05) is 32.5 Å². The minimum atomic E-state index is -3.01. The third-order valence-corrected chi connectivity index (χ3v) is 7.93. The normalized spacial score (nSPS) is 24.3. The second-order valence-corrected chi connectivity index (χ2v) is 10.7. The van der Waals surface area contributed by atoms with Crippen molar-refractivity contribution in [2.45, 2.75) is 25.5 Å². The molecule has 0 unspecified atom stereocenters. The Hall–Kier alpha value is 0.260. The van der Waals surface area contributed by atoms with E-state index in [1.165, 1.54) is 11.5 Å². The van der Waals surface area contributed by atoms with E-state index < -0.39 is 14.6 Å². The highest BCUT2D eigenvalue weighted by Gasteiger charge is 2.40. The number of hydrogen-bond acceptors (Lipinski definition) is 5. The Morgan fingerprint density at radius 3 is 2.50 bits per heavy atom. The maximum Gasteiger partial charge on any atom is 0.194 e. The van der Waals surface area contributed by atoms with Crippen molar-refractivity contribution >= 4 is 51.5 Å². The Morgan fingerprint density at radius 1 is 1.25 bits per heavy atom. The molecule has 0 aromatic carbocycles. The van der Waals surface area contributed by atoms with Gasteiger partial charge < -0.3 is 10.2 Å². The van der Waals surface area contributed by atoms with Gasteiger partial charge in [0.1, 0.15) is 0 Å². The van der Waals surface area contributed by atoms with Crippen LogP contribution in [0, 0.1) is 0 Å². The van der Waals surface area contributed by atoms with E-state index in [0.717, 1.165) is 38.7 Å². The molecule has 1 N–H and O–H groups in total. The van der Waals surface area contributed by atoms with E-state index in [4.69, 9.17) is 4.99 Å². The number of sulfone groups is 1. The van der Waals surface area contributed by atoms with Gasteiger partial charge in [0.25, 0.3) is 0 Å². The Bertz CT molecular complexity index is 520. The summed E-state index contributed by atoms with van der Waals surface area (Å²) >= 11 is 2.01. The first kappa shape index (κ1) is 22.3. The largest absolute Gasteiger partial charge is 0.357 e. The van der Waals surface area contributed by atoms with E-state index in [2.05, 4.69) is 15.1 Å². The van der Waals surface area contributed by atoms with Crippen molar-refractivity contribution < 1.29 is 8.42 Å². The second kappa shape index (κ2) is 9.82. The van der Waals surface area contributed by atoms with E-state index in [-0.39, 0.29) is 29.7 Å². The topological polar surface area (TPSA) is 65.0 Å². The molecule has 0 aromatic heterocycles. The van der Waals surface area contributed by atoms with Gasteiger partial charge in [-0.25, -0.2) is 8.42 Å². The smallest absolute Gasteiger partial charge is 0.194 e. The van der Waals surface area contributed by atoms with Crippen LogP contribution in [-0.4, -0.2) is 92.0 Å². The molecule has 2 aliphatic heterocycles. The molecule has 2 aliphatic rings. The monoisotopic (exact) mass is 490 g/mol. The van der Waals surface area contributed by atoms with Gasteiger partial charge in [0.15, 0.2) is 15.8 Å². The fraction of sp³-hybridized carbons (Fsp3) is 0.933. The SMILES string of the molecule is CCNC(=NCCN1CCSCC1)N1CCS(=O)(=O)C(C)(C)C1.I. The zero-order valence-corrected chi connectivity index (χ0v) is 18.9. The standard InChI is InChI=1S/C15H30N4O2S2.HI/c1-4-16-14(17-5-6-18-7-10-22-11-8-18)19-9-12-23(20,21)15(2,3)13-19;/h4-13H2,1-3H3,(H,16,17);1H. The van der Waals surface area contributed by atoms with Gasteiger partial charge in [0.2, 0.25) is 0 Å². The summed E-state index contributed by atoms with van der Waals surface area (Å²) in [5, 5.41) is 3.31. The fourth-order valence-electron chi connectivity index (χ4n) is 2.87. The van der Waals surface area contributed by atoms with Gasteiger partial charge in [-0.3, -0.25) is 9.89 Å². The minimum absolute atomic E-state index is 0. The summed E-state index contributed by atoms with van der Waals surface area (Å²) in [5.74, 6) is 3.47. The quantitative estimate of drug-likeness (QED) is 0.362. The van der Waals surface area contributed by atoms with Gasteiger partial charge in [0, 0.05) is 50.8 Å². The maximum absolute atomic E-state index is 12.2. The molecule has 0 aromatic rings. The van der Waals surface area contributed by atoms with Crippen LogP contribution in [0.3, 0.4) is 0 Å². The summed E-state index contributed by atoms with van der Waals surface area (Å²) in [5.41, 5.74) is 0. The van der Waals surface area contributed by atoms with Crippen molar-refractivity contribution in [2.75, 3.05) is 63.1 Å². The lowest BCUT2D eigenvalue weighted by molar-refractivity contribution is 0.309. The number of rotatable bonds is 4. The van der Waals surface area contributed by atoms with Gasteiger partial charge in [-0.15, -0.1) is 24.0 Å². The van der Waals surface area contributed by atoms with Crippen LogP contribution in [0.1, 0.15) is 20.8 Å². The average Bonchev–Trinajstić information content (AvgIpc) is 2.50. The highest BCUT2D eigenvalue weighted by Crippen LogP contribution is 2.23. The highest BCUT2D eigenvalue weighted by molar-refractivity contribution is 14.0. The molecule has 6 nitrogen and oxygen atoms in total. The molecule has 2 heterocycles. The third kappa shape index (κ3) is 5.91. The molecule has 2 rings (SSSR count). The van der Waals surface area contributed by atoms with Crippen LogP contribution in [0.2, 0.25) is 0 Å². The lowest BCUT2D eigenvalue weighted by Gasteiger charge is -2.39. The van der Waals surface area contributed by atoms with Crippen LogP contribution in [0.5, 0.6) is 0 Å². The summed E-state index contributed by atoms with van der Waals surface area (Å²) in [6.07, 6.45) is 0. The van der Waals surface area contributed by atoms with Gasteiger partial charge in [0.05, 0.1) is 17.0 Å². The van der Waals surface area contributed by atoms with Crippen LogP contribution in [-0.2, 0) is 9.84 Å². The lowest BCUT2D eigenvalue weighted by atomic mass is 10.2. The zero-order chi connectivity index (χ0) is 16.9. The summed E-state index contributed by atoms with van der Waals surface area (Å²) in [6.45, 7) is 11.5. The molecule has 9 heteroatoms. The first-order chi connectivity index (χ1) is 10.9. The van der Waals surface area contributed by atoms with Crippen LogP contribution < -0.4 is 5.32 Å². The van der Waals surface area contributed by atoms with Crippen LogP contribution in [0.25, 0.3) is 0 Å². The summed E-state index contributed by atoms with van der Waals surface area (Å²) < 4.78 is 23.6. The molecular weight excluding hydrogens is 459 g/mol. The molecule has 0 atom stereocenters. The molecule has 2 fully saturated rings. The average molecular weight is 490 g/mol. The molecule has 24 heavy (non-hydrogen) atoms. The van der Waals surface area contributed by atoms with E-state index in [1.54, 1.807) is 0 Å². The highest BCUT2D eigenvalue weighted by atomic mass is 127. The first-order valence-corrected chi connectivity index (χ1v) is 11.2. The molecule has 2 saturated heterocycles. The zero-order valence-electron chi connectivity index (χ0n) is 15.0. The number of guanidine groups is 1. The molecule has 0 amide bonds. The Kier molecular flexibility index (Phi) is 9.12. The van der Waals surface area contributed by atoms with Gasteiger partial charge in [-0.1, -0.05) is 0 Å². The number of aliphatic imine (C=N–C) groups is 1. The predicted molar refractivity (Wildman–Crippen MR) is 115 cm³/mol. The lowest BCUT2D eigenvalue weighted by Crippen LogP contribution is -2.57. The van der Waals surface area contributed by atoms with Gasteiger partial charge in [-0.2, -0.15) is 11.8 Å². The number of nitrogens with zero attached hydrogens (tertiary/aromatic N) is 3. The van der Waals surface area contributed by atoms with Gasteiger partial charge in [-0.05, 0) is 20.8 Å². The van der Waals surface area contributed by atoms with Crippen molar-refractivity contribution in [3.8, 4) is 0 Å². The number of halogens is 1. The summed E-state index contributed by atoms with van der Waals surface area (Å²) in [7, 11) is -3.01. The molecule has 142 valence electrons. The third-order valence-electron chi connectivity index (χ3n) is 4.46. The molecule has 0 aliphatic carbocycles. The molecule has 0 radical (unpaired) electrons. The van der Waals surface area contributed by atoms with E-state index in [9.17, 15) is 8.42 Å². The summed E-state index contributed by atoms with van der Waals surface area (Å²) in [6, 6.07) is 0. The van der Waals surface area contributed by atoms with Crippen molar-refractivity contribution in [3.05, 3.63) is 0 Å². The van der Waals surface area contributed by atoms with Crippen LogP contribution in [0.15, 0.2) is 4.99 Å². The predicted octanol–water partition coefficient (Wildman–Crippen LogP) is 1.13. The van der Waals surface area contributed by atoms with Crippen molar-refractivity contribution in [1.29, 1.82) is 0 Å². The fourth-order valence-corrected chi connectivity index (χ4v) is 5.22. The van der Waals surface area contributed by atoms with Crippen molar-refractivity contribution in [3.63, 3.8) is 0 Å². The summed E-state index contributed by atoms with van der Waals surface area (Å²) in [4.78, 5) is 9.28. The van der Waals surface area contributed by atoms with Gasteiger partial charge >= 0.3 is 0 Å². The second-order valence-electron chi connectivity index (χ2n) is 6.69. The molecule has 0 saturated carbocycles. The van der Waals surface area contributed by atoms with Crippen LogP contribution in [0.4, 0.5) is 0 Å². The minimum Gasteiger partial charge on any atom is -0.357 e. The van der Waals surface area contributed by atoms with E-state index >= 15 is 0 Å². The maximum atomic E-state index is 12.2. The molecular formula is C15H31IN4O2S2. The number of nitrogens with one attached hydrogen (secondary N) is 1. The Labute approximate surface area is 168 Å². The molecule has 0 spiro atoms. The van der Waals surface area contributed by atoms with Crippen LogP contribution >= 0.6 is 35.7 Å². The molecule has 0 bridgehead atoms. The number of hydrogen-bond donors (Lipinski definition) is 1. The number of thioether (sulfide) groups is 1. The van der Waals surface area contributed by atoms with Crippen molar-refractivity contribution in [1.82, 2.24) is 15.1 Å². The van der Waals surface area contributed by atoms with Crippen molar-refractivity contribution in [2.24, 2.45) is 4.99 Å². The van der Waals surface area contributed by atoms with E-state index in [0.29, 0.717) is 13.1 Å². The first-order valence-electron chi connectivity index (χ1n) is 8.41. The Balaban J connectivity index is 0.00000288.